The van der Waals surface area contributed by atoms with Gasteiger partial charge in [-0.05, 0) is 55.5 Å². The van der Waals surface area contributed by atoms with Crippen molar-refractivity contribution < 1.29 is 17.7 Å². The van der Waals surface area contributed by atoms with E-state index in [0.717, 1.165) is 0 Å². The maximum Gasteiger partial charge on any atom is 0.261 e. The van der Waals surface area contributed by atoms with Gasteiger partial charge < -0.3 is 9.84 Å². The minimum Gasteiger partial charge on any atom is -0.360 e. The summed E-state index contributed by atoms with van der Waals surface area (Å²) in [7, 11) is -3.74. The zero-order valence-electron chi connectivity index (χ0n) is 13.6. The van der Waals surface area contributed by atoms with E-state index in [1.165, 1.54) is 48.5 Å². The van der Waals surface area contributed by atoms with E-state index in [2.05, 4.69) is 15.2 Å². The van der Waals surface area contributed by atoms with Crippen LogP contribution in [0.5, 0.6) is 0 Å². The molecule has 3 rings (SSSR count). The van der Waals surface area contributed by atoms with E-state index in [1.807, 2.05) is 0 Å². The normalized spacial score (nSPS) is 11.2. The van der Waals surface area contributed by atoms with Crippen LogP contribution in [-0.2, 0) is 10.0 Å². The van der Waals surface area contributed by atoms with Crippen LogP contribution >= 0.6 is 11.6 Å². The summed E-state index contributed by atoms with van der Waals surface area (Å²) in [6.45, 7) is 1.71. The highest BCUT2D eigenvalue weighted by molar-refractivity contribution is 7.92. The Balaban J connectivity index is 1.71. The lowest BCUT2D eigenvalue weighted by molar-refractivity contribution is 0.102. The van der Waals surface area contributed by atoms with Crippen molar-refractivity contribution in [3.05, 3.63) is 70.9 Å². The number of aromatic nitrogens is 1. The smallest absolute Gasteiger partial charge is 0.261 e. The maximum atomic E-state index is 12.3. The van der Waals surface area contributed by atoms with E-state index >= 15 is 0 Å². The number of carbonyl (C=O) groups excluding carboxylic acids is 1. The number of halogens is 1. The van der Waals surface area contributed by atoms with Gasteiger partial charge in [0.05, 0.1) is 4.90 Å². The summed E-state index contributed by atoms with van der Waals surface area (Å²) < 4.78 is 32.0. The van der Waals surface area contributed by atoms with Crippen molar-refractivity contribution in [1.82, 2.24) is 5.16 Å². The van der Waals surface area contributed by atoms with Gasteiger partial charge in [-0.15, -0.1) is 0 Å². The Labute approximate surface area is 155 Å². The fraction of sp³-hybridized carbons (Fsp3) is 0.0588. The van der Waals surface area contributed by atoms with Crippen LogP contribution in [0, 0.1) is 6.92 Å². The highest BCUT2D eigenvalue weighted by Gasteiger charge is 2.15. The predicted molar refractivity (Wildman–Crippen MR) is 97.9 cm³/mol. The number of hydrogen-bond acceptors (Lipinski definition) is 5. The van der Waals surface area contributed by atoms with Crippen LogP contribution in [-0.4, -0.2) is 19.5 Å². The third kappa shape index (κ3) is 4.22. The summed E-state index contributed by atoms with van der Waals surface area (Å²) in [4.78, 5) is 12.2. The van der Waals surface area contributed by atoms with Crippen LogP contribution in [0.2, 0.25) is 5.02 Å². The van der Waals surface area contributed by atoms with Crippen molar-refractivity contribution in [2.24, 2.45) is 0 Å². The largest absolute Gasteiger partial charge is 0.360 e. The van der Waals surface area contributed by atoms with Gasteiger partial charge in [-0.2, -0.15) is 0 Å². The molecule has 3 aromatic rings. The molecule has 0 aliphatic rings. The molecule has 0 radical (unpaired) electrons. The topological polar surface area (TPSA) is 101 Å². The average Bonchev–Trinajstić information content (AvgIpc) is 3.00. The molecule has 26 heavy (non-hydrogen) atoms. The molecule has 1 amide bonds. The third-order valence-electron chi connectivity index (χ3n) is 3.39. The molecule has 0 spiro atoms. The zero-order valence-corrected chi connectivity index (χ0v) is 15.1. The fourth-order valence-corrected chi connectivity index (χ4v) is 3.32. The number of sulfonamides is 1. The number of hydrogen-bond donors (Lipinski definition) is 2. The van der Waals surface area contributed by atoms with Gasteiger partial charge in [0.15, 0.2) is 5.82 Å². The number of benzene rings is 2. The minimum absolute atomic E-state index is 0.0881. The number of nitrogens with zero attached hydrogens (tertiary/aromatic N) is 1. The van der Waals surface area contributed by atoms with E-state index in [0.29, 0.717) is 27.9 Å². The van der Waals surface area contributed by atoms with Gasteiger partial charge in [0.2, 0.25) is 0 Å². The molecule has 0 aliphatic heterocycles. The molecular weight excluding hydrogens is 378 g/mol. The molecule has 0 unspecified atom stereocenters. The number of rotatable bonds is 5. The van der Waals surface area contributed by atoms with Gasteiger partial charge in [-0.1, -0.05) is 16.8 Å². The highest BCUT2D eigenvalue weighted by atomic mass is 35.5. The second-order valence-electron chi connectivity index (χ2n) is 5.41. The number of carbonyl (C=O) groups is 1. The Morgan fingerprint density at radius 1 is 1.08 bits per heavy atom. The maximum absolute atomic E-state index is 12.3. The second kappa shape index (κ2) is 7.19. The van der Waals surface area contributed by atoms with Gasteiger partial charge >= 0.3 is 0 Å². The van der Waals surface area contributed by atoms with Crippen LogP contribution in [0.1, 0.15) is 16.1 Å². The van der Waals surface area contributed by atoms with Crippen molar-refractivity contribution in [2.45, 2.75) is 11.8 Å². The van der Waals surface area contributed by atoms with Gasteiger partial charge in [-0.25, -0.2) is 8.42 Å². The standard InChI is InChI=1S/C17H14ClN3O4S/c1-11-10-16(20-25-11)19-17(22)12-2-6-14(7-3-12)21-26(23,24)15-8-4-13(18)5-9-15/h2-10,21H,1H3,(H,19,20,22). The van der Waals surface area contributed by atoms with E-state index in [4.69, 9.17) is 16.1 Å². The molecule has 0 atom stereocenters. The third-order valence-corrected chi connectivity index (χ3v) is 5.04. The molecule has 134 valence electrons. The first-order chi connectivity index (χ1) is 12.3. The van der Waals surface area contributed by atoms with E-state index in [-0.39, 0.29) is 10.8 Å². The summed E-state index contributed by atoms with van der Waals surface area (Å²) in [5.74, 6) is 0.498. The highest BCUT2D eigenvalue weighted by Crippen LogP contribution is 2.19. The molecule has 0 bridgehead atoms. The molecule has 0 aliphatic carbocycles. The van der Waals surface area contributed by atoms with Crippen molar-refractivity contribution in [3.8, 4) is 0 Å². The molecule has 7 nitrogen and oxygen atoms in total. The summed E-state index contributed by atoms with van der Waals surface area (Å²) in [5, 5.41) is 6.71. The first-order valence-electron chi connectivity index (χ1n) is 7.47. The Hall–Kier alpha value is -2.84. The molecule has 0 saturated carbocycles. The van der Waals surface area contributed by atoms with E-state index < -0.39 is 10.0 Å². The lowest BCUT2D eigenvalue weighted by Gasteiger charge is -2.09. The Morgan fingerprint density at radius 2 is 1.73 bits per heavy atom. The summed E-state index contributed by atoms with van der Waals surface area (Å²) >= 11 is 5.76. The van der Waals surface area contributed by atoms with Crippen molar-refractivity contribution in [1.29, 1.82) is 0 Å². The van der Waals surface area contributed by atoms with Crippen molar-refractivity contribution in [2.75, 3.05) is 10.0 Å². The molecule has 1 heterocycles. The molecule has 0 saturated heterocycles. The Morgan fingerprint density at radius 3 is 2.31 bits per heavy atom. The first kappa shape index (κ1) is 18.0. The summed E-state index contributed by atoms with van der Waals surface area (Å²) in [5.41, 5.74) is 0.675. The first-order valence-corrected chi connectivity index (χ1v) is 9.33. The Kier molecular flexibility index (Phi) is 4.97. The lowest BCUT2D eigenvalue weighted by Crippen LogP contribution is -2.14. The monoisotopic (exact) mass is 391 g/mol. The summed E-state index contributed by atoms with van der Waals surface area (Å²) in [6, 6.07) is 13.4. The summed E-state index contributed by atoms with van der Waals surface area (Å²) in [6.07, 6.45) is 0. The van der Waals surface area contributed by atoms with Gasteiger partial charge in [0, 0.05) is 22.3 Å². The molecule has 2 aromatic carbocycles. The number of aryl methyl sites for hydroxylation is 1. The number of nitrogens with one attached hydrogen (secondary N) is 2. The van der Waals surface area contributed by atoms with Crippen LogP contribution in [0.15, 0.2) is 64.0 Å². The predicted octanol–water partition coefficient (Wildman–Crippen LogP) is 3.69. The zero-order chi connectivity index (χ0) is 18.7. The number of anilines is 2. The van der Waals surface area contributed by atoms with Crippen LogP contribution in [0.3, 0.4) is 0 Å². The van der Waals surface area contributed by atoms with Gasteiger partial charge in [0.25, 0.3) is 15.9 Å². The molecule has 9 heteroatoms. The van der Waals surface area contributed by atoms with Crippen molar-refractivity contribution >= 4 is 39.0 Å². The molecule has 2 N–H and O–H groups in total. The SMILES string of the molecule is Cc1cc(NC(=O)c2ccc(NS(=O)(=O)c3ccc(Cl)cc3)cc2)no1. The average molecular weight is 392 g/mol. The number of amides is 1. The van der Waals surface area contributed by atoms with Crippen LogP contribution in [0.4, 0.5) is 11.5 Å². The fourth-order valence-electron chi connectivity index (χ4n) is 2.13. The lowest BCUT2D eigenvalue weighted by atomic mass is 10.2. The molecular formula is C17H14ClN3O4S. The molecule has 1 aromatic heterocycles. The van der Waals surface area contributed by atoms with E-state index in [1.54, 1.807) is 13.0 Å². The quantitative estimate of drug-likeness (QED) is 0.690. The van der Waals surface area contributed by atoms with Gasteiger partial charge in [-0.3, -0.25) is 9.52 Å². The van der Waals surface area contributed by atoms with Crippen LogP contribution in [0.25, 0.3) is 0 Å². The second-order valence-corrected chi connectivity index (χ2v) is 7.53. The van der Waals surface area contributed by atoms with E-state index in [9.17, 15) is 13.2 Å². The van der Waals surface area contributed by atoms with Gasteiger partial charge in [0.1, 0.15) is 5.76 Å². The van der Waals surface area contributed by atoms with Crippen LogP contribution < -0.4 is 10.0 Å². The Bertz CT molecular complexity index is 1030. The molecule has 0 fully saturated rings. The van der Waals surface area contributed by atoms with Crippen molar-refractivity contribution in [3.63, 3.8) is 0 Å². The minimum atomic E-state index is -3.74.